The number of nitriles is 1. The van der Waals surface area contributed by atoms with Gasteiger partial charge in [-0.15, -0.1) is 0 Å². The maximum atomic E-state index is 12.1. The zero-order chi connectivity index (χ0) is 13.7. The Hall–Kier alpha value is -2.61. The van der Waals surface area contributed by atoms with E-state index in [1.54, 1.807) is 36.7 Å². The third-order valence-electron chi connectivity index (χ3n) is 2.84. The lowest BCUT2D eigenvalue weighted by Gasteiger charge is -2.14. The number of nitrogens with one attached hydrogen (secondary N) is 2. The normalized spacial score (nSPS) is 11.6. The van der Waals surface area contributed by atoms with Crippen molar-refractivity contribution in [2.45, 2.75) is 19.4 Å². The molecule has 2 rings (SSSR count). The zero-order valence-electron chi connectivity index (χ0n) is 10.6. The first kappa shape index (κ1) is 12.8. The number of rotatable bonds is 4. The number of H-pyrrole nitrogens is 1. The molecule has 0 aliphatic carbocycles. The van der Waals surface area contributed by atoms with Gasteiger partial charge in [-0.1, -0.05) is 6.92 Å². The highest BCUT2D eigenvalue weighted by Crippen LogP contribution is 2.13. The van der Waals surface area contributed by atoms with Crippen molar-refractivity contribution < 1.29 is 4.79 Å². The molecule has 1 heterocycles. The standard InChI is InChI=1S/C14H14N4O/c1-2-12(13-16-7-8-17-13)18-14(19)11-5-3-10(9-15)4-6-11/h3-8,12H,2H2,1H3,(H,16,17)(H,18,19). The molecule has 0 fully saturated rings. The smallest absolute Gasteiger partial charge is 0.251 e. The summed E-state index contributed by atoms with van der Waals surface area (Å²) in [5, 5.41) is 11.6. The quantitative estimate of drug-likeness (QED) is 0.877. The fourth-order valence-electron chi connectivity index (χ4n) is 1.77. The van der Waals surface area contributed by atoms with E-state index in [-0.39, 0.29) is 11.9 Å². The Labute approximate surface area is 111 Å². The fourth-order valence-corrected chi connectivity index (χ4v) is 1.77. The molecular formula is C14H14N4O. The van der Waals surface area contributed by atoms with E-state index < -0.39 is 0 Å². The first-order chi connectivity index (χ1) is 9.24. The second kappa shape index (κ2) is 5.83. The summed E-state index contributed by atoms with van der Waals surface area (Å²) in [6.07, 6.45) is 4.13. The Kier molecular flexibility index (Phi) is 3.94. The summed E-state index contributed by atoms with van der Waals surface area (Å²) >= 11 is 0. The van der Waals surface area contributed by atoms with E-state index in [1.165, 1.54) is 0 Å². The highest BCUT2D eigenvalue weighted by Gasteiger charge is 2.15. The van der Waals surface area contributed by atoms with E-state index in [1.807, 2.05) is 13.0 Å². The van der Waals surface area contributed by atoms with Gasteiger partial charge in [-0.05, 0) is 30.7 Å². The van der Waals surface area contributed by atoms with Crippen LogP contribution in [0.2, 0.25) is 0 Å². The third-order valence-corrected chi connectivity index (χ3v) is 2.84. The molecule has 1 aromatic carbocycles. The molecule has 0 bridgehead atoms. The van der Waals surface area contributed by atoms with Crippen molar-refractivity contribution in [1.82, 2.24) is 15.3 Å². The molecule has 2 N–H and O–H groups in total. The lowest BCUT2D eigenvalue weighted by molar-refractivity contribution is 0.0934. The van der Waals surface area contributed by atoms with E-state index >= 15 is 0 Å². The molecule has 1 atom stereocenters. The van der Waals surface area contributed by atoms with E-state index in [9.17, 15) is 4.79 Å². The number of aromatic amines is 1. The number of imidazole rings is 1. The van der Waals surface area contributed by atoms with Crippen molar-refractivity contribution in [3.63, 3.8) is 0 Å². The SMILES string of the molecule is CCC(NC(=O)c1ccc(C#N)cc1)c1ncc[nH]1. The number of aromatic nitrogens is 2. The van der Waals surface area contributed by atoms with E-state index in [0.717, 1.165) is 12.2 Å². The Balaban J connectivity index is 2.09. The second-order valence-corrected chi connectivity index (χ2v) is 4.10. The van der Waals surface area contributed by atoms with E-state index in [0.29, 0.717) is 11.1 Å². The molecule has 0 aliphatic heterocycles. The Morgan fingerprint density at radius 3 is 2.74 bits per heavy atom. The Morgan fingerprint density at radius 2 is 2.21 bits per heavy atom. The van der Waals surface area contributed by atoms with Crippen LogP contribution in [-0.4, -0.2) is 15.9 Å². The molecule has 2 aromatic rings. The van der Waals surface area contributed by atoms with Crippen molar-refractivity contribution in [2.75, 3.05) is 0 Å². The van der Waals surface area contributed by atoms with Crippen LogP contribution in [0.25, 0.3) is 0 Å². The lowest BCUT2D eigenvalue weighted by Crippen LogP contribution is -2.28. The van der Waals surface area contributed by atoms with Crippen LogP contribution in [0.1, 0.15) is 41.1 Å². The molecule has 5 heteroatoms. The van der Waals surface area contributed by atoms with Gasteiger partial charge in [-0.25, -0.2) is 4.98 Å². The fraction of sp³-hybridized carbons (Fsp3) is 0.214. The van der Waals surface area contributed by atoms with Crippen molar-refractivity contribution in [3.05, 3.63) is 53.6 Å². The summed E-state index contributed by atoms with van der Waals surface area (Å²) < 4.78 is 0. The first-order valence-electron chi connectivity index (χ1n) is 6.05. The molecule has 1 amide bonds. The van der Waals surface area contributed by atoms with E-state index in [4.69, 9.17) is 5.26 Å². The van der Waals surface area contributed by atoms with Gasteiger partial charge < -0.3 is 10.3 Å². The summed E-state index contributed by atoms with van der Waals surface area (Å²) in [5.74, 6) is 0.567. The number of amides is 1. The summed E-state index contributed by atoms with van der Waals surface area (Å²) in [5.41, 5.74) is 1.07. The van der Waals surface area contributed by atoms with Crippen molar-refractivity contribution in [3.8, 4) is 6.07 Å². The van der Waals surface area contributed by atoms with Gasteiger partial charge in [0.25, 0.3) is 5.91 Å². The zero-order valence-corrected chi connectivity index (χ0v) is 10.6. The third kappa shape index (κ3) is 2.99. The number of nitrogens with zero attached hydrogens (tertiary/aromatic N) is 2. The van der Waals surface area contributed by atoms with Gasteiger partial charge in [0.05, 0.1) is 17.7 Å². The molecule has 1 aromatic heterocycles. The largest absolute Gasteiger partial charge is 0.347 e. The van der Waals surface area contributed by atoms with Crippen LogP contribution in [0.15, 0.2) is 36.7 Å². The predicted molar refractivity (Wildman–Crippen MR) is 70.2 cm³/mol. The highest BCUT2D eigenvalue weighted by molar-refractivity contribution is 5.94. The number of hydrogen-bond donors (Lipinski definition) is 2. The molecule has 1 unspecified atom stereocenters. The molecule has 0 spiro atoms. The predicted octanol–water partition coefficient (Wildman–Crippen LogP) is 2.16. The highest BCUT2D eigenvalue weighted by atomic mass is 16.1. The monoisotopic (exact) mass is 254 g/mol. The maximum Gasteiger partial charge on any atom is 0.251 e. The molecule has 0 radical (unpaired) electrons. The molecular weight excluding hydrogens is 240 g/mol. The molecule has 19 heavy (non-hydrogen) atoms. The van der Waals surface area contributed by atoms with Gasteiger partial charge in [-0.3, -0.25) is 4.79 Å². The Morgan fingerprint density at radius 1 is 1.47 bits per heavy atom. The maximum absolute atomic E-state index is 12.1. The summed E-state index contributed by atoms with van der Waals surface area (Å²) in [6.45, 7) is 1.98. The summed E-state index contributed by atoms with van der Waals surface area (Å²) in [6, 6.07) is 8.42. The van der Waals surface area contributed by atoms with E-state index in [2.05, 4.69) is 15.3 Å². The minimum atomic E-state index is -0.173. The van der Waals surface area contributed by atoms with Gasteiger partial charge in [0, 0.05) is 18.0 Å². The first-order valence-corrected chi connectivity index (χ1v) is 6.05. The molecule has 0 saturated carbocycles. The van der Waals surface area contributed by atoms with Crippen LogP contribution in [0, 0.1) is 11.3 Å². The minimum Gasteiger partial charge on any atom is -0.347 e. The van der Waals surface area contributed by atoms with Crippen LogP contribution >= 0.6 is 0 Å². The van der Waals surface area contributed by atoms with Crippen molar-refractivity contribution in [1.29, 1.82) is 5.26 Å². The summed E-state index contributed by atoms with van der Waals surface area (Å²) in [4.78, 5) is 19.2. The topological polar surface area (TPSA) is 81.6 Å². The minimum absolute atomic E-state index is 0.141. The lowest BCUT2D eigenvalue weighted by atomic mass is 10.1. The van der Waals surface area contributed by atoms with Crippen molar-refractivity contribution in [2.24, 2.45) is 0 Å². The molecule has 96 valence electrons. The number of carbonyl (C=O) groups is 1. The van der Waals surface area contributed by atoms with Crippen LogP contribution in [-0.2, 0) is 0 Å². The van der Waals surface area contributed by atoms with Crippen LogP contribution in [0.5, 0.6) is 0 Å². The molecule has 0 aliphatic rings. The number of benzene rings is 1. The number of carbonyl (C=O) groups excluding carboxylic acids is 1. The van der Waals surface area contributed by atoms with Gasteiger partial charge in [-0.2, -0.15) is 5.26 Å². The molecule has 5 nitrogen and oxygen atoms in total. The summed E-state index contributed by atoms with van der Waals surface area (Å²) in [7, 11) is 0. The van der Waals surface area contributed by atoms with Crippen LogP contribution in [0.3, 0.4) is 0 Å². The van der Waals surface area contributed by atoms with Crippen LogP contribution < -0.4 is 5.32 Å². The van der Waals surface area contributed by atoms with Gasteiger partial charge in [0.2, 0.25) is 0 Å². The second-order valence-electron chi connectivity index (χ2n) is 4.10. The average Bonchev–Trinajstić information content (AvgIpc) is 2.98. The average molecular weight is 254 g/mol. The van der Waals surface area contributed by atoms with Crippen molar-refractivity contribution >= 4 is 5.91 Å². The molecule has 0 saturated heterocycles. The van der Waals surface area contributed by atoms with Gasteiger partial charge >= 0.3 is 0 Å². The Bertz CT molecular complexity index is 581. The van der Waals surface area contributed by atoms with Gasteiger partial charge in [0.1, 0.15) is 5.82 Å². The number of hydrogen-bond acceptors (Lipinski definition) is 3. The van der Waals surface area contributed by atoms with Crippen LogP contribution in [0.4, 0.5) is 0 Å². The van der Waals surface area contributed by atoms with Gasteiger partial charge in [0.15, 0.2) is 0 Å².